The molecule has 4 heterocycles. The van der Waals surface area contributed by atoms with E-state index in [4.69, 9.17) is 21.1 Å². The van der Waals surface area contributed by atoms with Crippen LogP contribution in [-0.4, -0.2) is 77.3 Å². The van der Waals surface area contributed by atoms with Crippen LogP contribution in [0, 0.1) is 18.8 Å². The average Bonchev–Trinajstić information content (AvgIpc) is 3.26. The largest absolute Gasteiger partial charge is 0.494 e. The van der Waals surface area contributed by atoms with Crippen LogP contribution < -0.4 is 14.5 Å². The SMILES string of the molecule is CCOc1ccc(N2CC=C[C@]3(C)O[C@]45C=CCN(c6c(C)cccc6Cl)C(=O)C4N([C@H](C)CO)C(=O)[C@@H]5[C@@H]3C2=O)cc1. The molecule has 2 aromatic rings. The number of para-hydroxylation sites is 1. The van der Waals surface area contributed by atoms with Gasteiger partial charge in [-0.2, -0.15) is 0 Å². The standard InChI is InChI=1S/C33H36ClN3O6/c1-5-42-23-13-11-22(12-14-23)35-17-7-15-32(4)25(29(35)39)26-30(40)37(21(3)19-38)28-31(41)36(18-8-16-33(26,28)43-32)27-20(2)9-6-10-24(27)34/h6-16,21,25-26,28,38H,5,17-19H2,1-4H3/t21-,25-,26+,28?,32+,33+/m1/s1. The van der Waals surface area contributed by atoms with E-state index in [2.05, 4.69) is 0 Å². The molecule has 2 saturated heterocycles. The number of fused-ring (bicyclic) bond motifs is 2. The second-order valence-electron chi connectivity index (χ2n) is 11.8. The monoisotopic (exact) mass is 605 g/mol. The lowest BCUT2D eigenvalue weighted by molar-refractivity contribution is -0.147. The summed E-state index contributed by atoms with van der Waals surface area (Å²) in [6, 6.07) is 10.9. The van der Waals surface area contributed by atoms with Gasteiger partial charge in [-0.25, -0.2) is 0 Å². The van der Waals surface area contributed by atoms with Crippen molar-refractivity contribution >= 4 is 40.7 Å². The first-order valence-corrected chi connectivity index (χ1v) is 15.0. The molecule has 0 saturated carbocycles. The minimum Gasteiger partial charge on any atom is -0.494 e. The Hall–Kier alpha value is -3.66. The molecule has 9 nitrogen and oxygen atoms in total. The van der Waals surface area contributed by atoms with Crippen LogP contribution in [0.5, 0.6) is 5.75 Å². The van der Waals surface area contributed by atoms with Gasteiger partial charge in [0.15, 0.2) is 0 Å². The maximum atomic E-state index is 14.6. The molecular weight excluding hydrogens is 570 g/mol. The molecule has 4 aliphatic heterocycles. The molecule has 1 N–H and O–H groups in total. The van der Waals surface area contributed by atoms with Gasteiger partial charge in [-0.15, -0.1) is 0 Å². The minimum absolute atomic E-state index is 0.205. The number of amides is 3. The third-order valence-corrected chi connectivity index (χ3v) is 9.46. The Balaban J connectivity index is 1.46. The van der Waals surface area contributed by atoms with E-state index in [9.17, 15) is 19.5 Å². The predicted octanol–water partition coefficient (Wildman–Crippen LogP) is 3.90. The predicted molar refractivity (Wildman–Crippen MR) is 163 cm³/mol. The zero-order valence-corrected chi connectivity index (χ0v) is 25.5. The molecule has 2 fully saturated rings. The van der Waals surface area contributed by atoms with Gasteiger partial charge in [0.2, 0.25) is 11.8 Å². The second-order valence-corrected chi connectivity index (χ2v) is 12.2. The molecule has 0 aliphatic carbocycles. The van der Waals surface area contributed by atoms with E-state index >= 15 is 0 Å². The maximum absolute atomic E-state index is 14.6. The molecule has 6 atom stereocenters. The number of hydrogen-bond acceptors (Lipinski definition) is 6. The molecule has 2 aromatic carbocycles. The quantitative estimate of drug-likeness (QED) is 0.502. The smallest absolute Gasteiger partial charge is 0.253 e. The van der Waals surface area contributed by atoms with Gasteiger partial charge in [0.1, 0.15) is 17.4 Å². The van der Waals surface area contributed by atoms with Crippen molar-refractivity contribution in [3.8, 4) is 5.75 Å². The van der Waals surface area contributed by atoms with Crippen molar-refractivity contribution in [1.29, 1.82) is 0 Å². The van der Waals surface area contributed by atoms with Crippen molar-refractivity contribution in [1.82, 2.24) is 4.90 Å². The molecule has 3 amide bonds. The molecule has 0 bridgehead atoms. The molecule has 10 heteroatoms. The average molecular weight is 606 g/mol. The Morgan fingerprint density at radius 2 is 1.70 bits per heavy atom. The van der Waals surface area contributed by atoms with Crippen molar-refractivity contribution in [2.75, 3.05) is 36.1 Å². The highest BCUT2D eigenvalue weighted by Crippen LogP contribution is 2.58. The minimum atomic E-state index is -1.44. The van der Waals surface area contributed by atoms with Crippen LogP contribution in [0.15, 0.2) is 66.8 Å². The third-order valence-electron chi connectivity index (χ3n) is 9.15. The van der Waals surface area contributed by atoms with Crippen LogP contribution in [0.25, 0.3) is 0 Å². The fourth-order valence-corrected chi connectivity index (χ4v) is 7.63. The Labute approximate surface area is 256 Å². The topological polar surface area (TPSA) is 99.6 Å². The molecule has 1 spiro atoms. The van der Waals surface area contributed by atoms with Crippen molar-refractivity contribution < 1.29 is 29.0 Å². The number of carbonyl (C=O) groups excluding carboxylic acids is 3. The zero-order chi connectivity index (χ0) is 30.7. The van der Waals surface area contributed by atoms with Crippen molar-refractivity contribution in [3.05, 3.63) is 77.4 Å². The van der Waals surface area contributed by atoms with Crippen LogP contribution in [0.4, 0.5) is 11.4 Å². The summed E-state index contributed by atoms with van der Waals surface area (Å²) in [7, 11) is 0. The number of likely N-dealkylation sites (tertiary alicyclic amines) is 1. The summed E-state index contributed by atoms with van der Waals surface area (Å²) in [6.45, 7) is 7.95. The molecule has 226 valence electrons. The lowest BCUT2D eigenvalue weighted by atomic mass is 9.74. The number of ether oxygens (including phenoxy) is 2. The number of rotatable bonds is 6. The number of hydrogen-bond donors (Lipinski definition) is 1. The lowest BCUT2D eigenvalue weighted by Gasteiger charge is -2.39. The van der Waals surface area contributed by atoms with E-state index in [-0.39, 0.29) is 25.0 Å². The maximum Gasteiger partial charge on any atom is 0.253 e. The van der Waals surface area contributed by atoms with Crippen LogP contribution in [-0.2, 0) is 19.1 Å². The van der Waals surface area contributed by atoms with E-state index < -0.39 is 41.0 Å². The lowest BCUT2D eigenvalue weighted by Crippen LogP contribution is -2.58. The van der Waals surface area contributed by atoms with Gasteiger partial charge in [-0.3, -0.25) is 14.4 Å². The Bertz CT molecular complexity index is 1500. The molecule has 43 heavy (non-hydrogen) atoms. The number of aliphatic hydroxyl groups excluding tert-OH is 1. The van der Waals surface area contributed by atoms with E-state index in [0.29, 0.717) is 35.3 Å². The van der Waals surface area contributed by atoms with Gasteiger partial charge >= 0.3 is 0 Å². The summed E-state index contributed by atoms with van der Waals surface area (Å²) in [5, 5.41) is 10.6. The van der Waals surface area contributed by atoms with E-state index in [0.717, 1.165) is 5.56 Å². The highest BCUT2D eigenvalue weighted by atomic mass is 35.5. The van der Waals surface area contributed by atoms with Gasteiger partial charge in [0.05, 0.1) is 47.4 Å². The van der Waals surface area contributed by atoms with Gasteiger partial charge in [0.25, 0.3) is 5.91 Å². The summed E-state index contributed by atoms with van der Waals surface area (Å²) in [5.74, 6) is -2.27. The molecular formula is C33H36ClN3O6. The van der Waals surface area contributed by atoms with Crippen molar-refractivity contribution in [3.63, 3.8) is 0 Å². The summed E-state index contributed by atoms with van der Waals surface area (Å²) >= 11 is 6.61. The molecule has 4 aliphatic rings. The summed E-state index contributed by atoms with van der Waals surface area (Å²) in [4.78, 5) is 48.3. The number of aliphatic hydroxyl groups is 1. The van der Waals surface area contributed by atoms with E-state index in [1.165, 1.54) is 4.90 Å². The Morgan fingerprint density at radius 3 is 2.37 bits per heavy atom. The van der Waals surface area contributed by atoms with Gasteiger partial charge in [-0.05, 0) is 63.6 Å². The van der Waals surface area contributed by atoms with E-state index in [1.807, 2.05) is 75.4 Å². The Morgan fingerprint density at radius 1 is 1.00 bits per heavy atom. The highest BCUT2D eigenvalue weighted by Gasteiger charge is 2.75. The van der Waals surface area contributed by atoms with Gasteiger partial charge in [-0.1, -0.05) is 48.0 Å². The highest BCUT2D eigenvalue weighted by molar-refractivity contribution is 6.34. The summed E-state index contributed by atoms with van der Waals surface area (Å²) in [6.07, 6.45) is 7.33. The number of nitrogens with zero attached hydrogens (tertiary/aromatic N) is 3. The third kappa shape index (κ3) is 4.39. The van der Waals surface area contributed by atoms with Crippen LogP contribution in [0.2, 0.25) is 5.02 Å². The molecule has 0 aromatic heterocycles. The summed E-state index contributed by atoms with van der Waals surface area (Å²) < 4.78 is 12.5. The summed E-state index contributed by atoms with van der Waals surface area (Å²) in [5.41, 5.74) is -0.577. The van der Waals surface area contributed by atoms with Crippen LogP contribution in [0.1, 0.15) is 26.3 Å². The van der Waals surface area contributed by atoms with Crippen LogP contribution >= 0.6 is 11.6 Å². The first-order chi connectivity index (χ1) is 20.6. The number of anilines is 2. The van der Waals surface area contributed by atoms with Crippen molar-refractivity contribution in [2.24, 2.45) is 11.8 Å². The first kappa shape index (κ1) is 29.4. The molecule has 1 unspecified atom stereocenters. The first-order valence-electron chi connectivity index (χ1n) is 14.7. The van der Waals surface area contributed by atoms with E-state index in [1.54, 1.807) is 28.9 Å². The number of halogens is 1. The number of aryl methyl sites for hydroxylation is 1. The normalized spacial score (nSPS) is 30.6. The van der Waals surface area contributed by atoms with Gasteiger partial charge < -0.3 is 29.3 Å². The zero-order valence-electron chi connectivity index (χ0n) is 24.7. The number of benzene rings is 2. The number of carbonyl (C=O) groups is 3. The molecule has 0 radical (unpaired) electrons. The van der Waals surface area contributed by atoms with Crippen molar-refractivity contribution in [2.45, 2.75) is 51.0 Å². The van der Waals surface area contributed by atoms with Gasteiger partial charge in [0, 0.05) is 18.8 Å². The second kappa shape index (κ2) is 10.8. The Kier molecular flexibility index (Phi) is 7.39. The van der Waals surface area contributed by atoms with Crippen LogP contribution in [0.3, 0.4) is 0 Å². The molecule has 6 rings (SSSR count). The fraction of sp³-hybridized carbons (Fsp3) is 0.424. The fourth-order valence-electron chi connectivity index (χ4n) is 7.31.